The predicted molar refractivity (Wildman–Crippen MR) is 113 cm³/mol. The number of nitrogens with one attached hydrogen (secondary N) is 2. The first kappa shape index (κ1) is 22.4. The maximum atomic E-state index is 13.8. The van der Waals surface area contributed by atoms with Crippen LogP contribution in [-0.2, 0) is 4.79 Å². The number of hydrogen-bond acceptors (Lipinski definition) is 4. The van der Waals surface area contributed by atoms with Gasteiger partial charge in [-0.15, -0.1) is 0 Å². The lowest BCUT2D eigenvalue weighted by molar-refractivity contribution is -0.175. The molecular formula is C22H34F3N5O. The second-order valence-electron chi connectivity index (χ2n) is 10.5. The first-order chi connectivity index (χ1) is 14.5. The van der Waals surface area contributed by atoms with Gasteiger partial charge >= 0.3 is 6.18 Å². The summed E-state index contributed by atoms with van der Waals surface area (Å²) in [6.45, 7) is 7.61. The van der Waals surface area contributed by atoms with E-state index in [0.717, 1.165) is 30.5 Å². The van der Waals surface area contributed by atoms with Gasteiger partial charge in [-0.05, 0) is 37.6 Å². The van der Waals surface area contributed by atoms with E-state index in [4.69, 9.17) is 0 Å². The van der Waals surface area contributed by atoms with E-state index in [1.54, 1.807) is 6.07 Å². The van der Waals surface area contributed by atoms with Crippen molar-refractivity contribution < 1.29 is 18.0 Å². The summed E-state index contributed by atoms with van der Waals surface area (Å²) in [5.74, 6) is 0.533. The Kier molecular flexibility index (Phi) is 6.00. The standard InChI is InChI=1S/C22H34F3N5O/c1-21(2,3)17-11-18(22(23,24)25)30-19(27-17)10-16(28-30)14-8-9-29(12-14)13-20(31)26-15-6-4-5-7-15/h10,14-15,17-18,27H,4-9,11-13H2,1-3H3,(H,26,31)/t14-,17-,18+/m0/s1. The van der Waals surface area contributed by atoms with E-state index in [1.165, 1.54) is 12.8 Å². The number of aromatic nitrogens is 2. The minimum Gasteiger partial charge on any atom is -0.367 e. The smallest absolute Gasteiger partial charge is 0.367 e. The largest absolute Gasteiger partial charge is 0.410 e. The Morgan fingerprint density at radius 2 is 1.94 bits per heavy atom. The Morgan fingerprint density at radius 1 is 1.23 bits per heavy atom. The molecule has 1 aromatic rings. The number of nitrogens with zero attached hydrogens (tertiary/aromatic N) is 3. The second-order valence-corrected chi connectivity index (χ2v) is 10.5. The van der Waals surface area contributed by atoms with Crippen molar-refractivity contribution in [3.05, 3.63) is 11.8 Å². The zero-order valence-electron chi connectivity index (χ0n) is 18.6. The number of likely N-dealkylation sites (tertiary alicyclic amines) is 1. The van der Waals surface area contributed by atoms with Crippen LogP contribution in [0.5, 0.6) is 0 Å². The fourth-order valence-corrected chi connectivity index (χ4v) is 5.13. The van der Waals surface area contributed by atoms with Crippen molar-refractivity contribution in [3.8, 4) is 0 Å². The van der Waals surface area contributed by atoms with Gasteiger partial charge in [0.1, 0.15) is 5.82 Å². The SMILES string of the molecule is CC(C)(C)[C@@H]1C[C@H](C(F)(F)F)n2nc([C@H]3CCN(CC(=O)NC4CCCC4)C3)cc2N1. The molecule has 2 N–H and O–H groups in total. The Morgan fingerprint density at radius 3 is 2.58 bits per heavy atom. The van der Waals surface area contributed by atoms with Gasteiger partial charge in [0.05, 0.1) is 12.2 Å². The monoisotopic (exact) mass is 441 g/mol. The van der Waals surface area contributed by atoms with E-state index in [-0.39, 0.29) is 29.7 Å². The number of carbonyl (C=O) groups excluding carboxylic acids is 1. The molecule has 31 heavy (non-hydrogen) atoms. The van der Waals surface area contributed by atoms with Crippen molar-refractivity contribution >= 4 is 11.7 Å². The van der Waals surface area contributed by atoms with Crippen molar-refractivity contribution in [1.82, 2.24) is 20.0 Å². The average Bonchev–Trinajstić information content (AvgIpc) is 3.38. The van der Waals surface area contributed by atoms with Crippen LogP contribution in [0, 0.1) is 5.41 Å². The van der Waals surface area contributed by atoms with Crippen LogP contribution in [0.3, 0.4) is 0 Å². The van der Waals surface area contributed by atoms with Crippen molar-refractivity contribution in [2.24, 2.45) is 5.41 Å². The Bertz CT molecular complexity index is 794. The first-order valence-corrected chi connectivity index (χ1v) is 11.4. The molecule has 2 aliphatic heterocycles. The minimum atomic E-state index is -4.34. The summed E-state index contributed by atoms with van der Waals surface area (Å²) in [7, 11) is 0. The molecule has 1 saturated heterocycles. The lowest BCUT2D eigenvalue weighted by Crippen LogP contribution is -2.44. The average molecular weight is 442 g/mol. The highest BCUT2D eigenvalue weighted by Gasteiger charge is 2.48. The third-order valence-corrected chi connectivity index (χ3v) is 7.03. The molecule has 4 rings (SSSR count). The zero-order chi connectivity index (χ0) is 22.4. The second kappa shape index (κ2) is 8.30. The highest BCUT2D eigenvalue weighted by atomic mass is 19.4. The Hall–Kier alpha value is -1.77. The van der Waals surface area contributed by atoms with Crippen molar-refractivity contribution in [3.63, 3.8) is 0 Å². The quantitative estimate of drug-likeness (QED) is 0.740. The van der Waals surface area contributed by atoms with E-state index >= 15 is 0 Å². The number of anilines is 1. The van der Waals surface area contributed by atoms with Gasteiger partial charge in [0.2, 0.25) is 5.91 Å². The maximum absolute atomic E-state index is 13.8. The lowest BCUT2D eigenvalue weighted by atomic mass is 9.82. The van der Waals surface area contributed by atoms with Gasteiger partial charge in [-0.25, -0.2) is 4.68 Å². The van der Waals surface area contributed by atoms with Crippen molar-refractivity contribution in [2.75, 3.05) is 25.0 Å². The molecule has 0 spiro atoms. The topological polar surface area (TPSA) is 62.2 Å². The first-order valence-electron chi connectivity index (χ1n) is 11.4. The summed E-state index contributed by atoms with van der Waals surface area (Å²) < 4.78 is 42.5. The molecule has 3 aliphatic rings. The fourth-order valence-electron chi connectivity index (χ4n) is 5.13. The van der Waals surface area contributed by atoms with Crippen molar-refractivity contribution in [2.45, 2.75) is 89.5 Å². The molecule has 9 heteroatoms. The molecule has 3 atom stereocenters. The molecular weight excluding hydrogens is 407 g/mol. The molecule has 1 aromatic heterocycles. The van der Waals surface area contributed by atoms with E-state index < -0.39 is 12.2 Å². The molecule has 0 bridgehead atoms. The van der Waals surface area contributed by atoms with E-state index in [0.29, 0.717) is 30.6 Å². The lowest BCUT2D eigenvalue weighted by Gasteiger charge is -2.39. The number of hydrogen-bond donors (Lipinski definition) is 2. The van der Waals surface area contributed by atoms with E-state index in [2.05, 4.69) is 20.6 Å². The molecule has 174 valence electrons. The number of amides is 1. The third kappa shape index (κ3) is 5.02. The summed E-state index contributed by atoms with van der Waals surface area (Å²) in [4.78, 5) is 14.4. The van der Waals surface area contributed by atoms with E-state index in [1.807, 2.05) is 20.8 Å². The summed E-state index contributed by atoms with van der Waals surface area (Å²) in [5, 5.41) is 10.8. The van der Waals surface area contributed by atoms with Crippen LogP contribution < -0.4 is 10.6 Å². The van der Waals surface area contributed by atoms with Gasteiger partial charge in [0, 0.05) is 30.6 Å². The molecule has 2 fully saturated rings. The molecule has 6 nitrogen and oxygen atoms in total. The zero-order valence-corrected chi connectivity index (χ0v) is 18.6. The highest BCUT2D eigenvalue weighted by molar-refractivity contribution is 5.78. The highest BCUT2D eigenvalue weighted by Crippen LogP contribution is 2.44. The van der Waals surface area contributed by atoms with E-state index in [9.17, 15) is 18.0 Å². The van der Waals surface area contributed by atoms with Gasteiger partial charge in [-0.1, -0.05) is 33.6 Å². The normalized spacial score (nSPS) is 27.9. The van der Waals surface area contributed by atoms with Crippen LogP contribution in [0.1, 0.15) is 76.9 Å². The molecule has 0 aromatic carbocycles. The Balaban J connectivity index is 1.43. The minimum absolute atomic E-state index is 0.0285. The van der Waals surface area contributed by atoms with Crippen LogP contribution in [0.2, 0.25) is 0 Å². The summed E-state index contributed by atoms with van der Waals surface area (Å²) in [6, 6.07) is 0.183. The van der Waals surface area contributed by atoms with Crippen molar-refractivity contribution in [1.29, 1.82) is 0 Å². The molecule has 0 radical (unpaired) electrons. The van der Waals surface area contributed by atoms with Gasteiger partial charge in [-0.2, -0.15) is 18.3 Å². The summed E-state index contributed by atoms with van der Waals surface area (Å²) in [6.07, 6.45) is 0.875. The van der Waals surface area contributed by atoms with Crippen LogP contribution in [0.4, 0.5) is 19.0 Å². The maximum Gasteiger partial charge on any atom is 0.410 e. The summed E-state index contributed by atoms with van der Waals surface area (Å²) >= 11 is 0. The van der Waals surface area contributed by atoms with Gasteiger partial charge in [0.25, 0.3) is 0 Å². The van der Waals surface area contributed by atoms with Crippen LogP contribution in [0.15, 0.2) is 6.07 Å². The van der Waals surface area contributed by atoms with Crippen LogP contribution in [-0.4, -0.2) is 58.5 Å². The number of carbonyl (C=O) groups is 1. The number of rotatable bonds is 4. The molecule has 0 unspecified atom stereocenters. The number of halogens is 3. The molecule has 1 aliphatic carbocycles. The predicted octanol–water partition coefficient (Wildman–Crippen LogP) is 4.06. The van der Waals surface area contributed by atoms with Gasteiger partial charge < -0.3 is 10.6 Å². The molecule has 3 heterocycles. The number of fused-ring (bicyclic) bond motifs is 1. The third-order valence-electron chi connectivity index (χ3n) is 7.03. The number of alkyl halides is 3. The molecule has 1 amide bonds. The summed E-state index contributed by atoms with van der Waals surface area (Å²) in [5.41, 5.74) is 0.390. The van der Waals surface area contributed by atoms with Gasteiger partial charge in [0.15, 0.2) is 6.04 Å². The molecule has 1 saturated carbocycles. The van der Waals surface area contributed by atoms with Crippen LogP contribution in [0.25, 0.3) is 0 Å². The Labute approximate surface area is 181 Å². The fraction of sp³-hybridized carbons (Fsp3) is 0.818. The van der Waals surface area contributed by atoms with Gasteiger partial charge in [-0.3, -0.25) is 9.69 Å². The van der Waals surface area contributed by atoms with Crippen LogP contribution >= 0.6 is 0 Å².